The van der Waals surface area contributed by atoms with Crippen LogP contribution in [0.2, 0.25) is 0 Å². The summed E-state index contributed by atoms with van der Waals surface area (Å²) in [6, 6.07) is 0. The Morgan fingerprint density at radius 1 is 1.41 bits per heavy atom. The number of carbonyl (C=O) groups is 2. The van der Waals surface area contributed by atoms with E-state index in [9.17, 15) is 22.8 Å². The Morgan fingerprint density at radius 2 is 2.07 bits per heavy atom. The molecule has 0 bridgehead atoms. The average molecular weight is 412 g/mol. The molecule has 0 radical (unpaired) electrons. The predicted octanol–water partition coefficient (Wildman–Crippen LogP) is 2.47. The minimum atomic E-state index is -4.80. The molecule has 2 amide bonds. The van der Waals surface area contributed by atoms with E-state index in [-0.39, 0.29) is 5.92 Å². The van der Waals surface area contributed by atoms with Crippen LogP contribution in [0, 0.1) is 6.92 Å². The number of likely N-dealkylation sites (tertiary alicyclic amines) is 1. The summed E-state index contributed by atoms with van der Waals surface area (Å²) in [5.41, 5.74) is 3.34. The van der Waals surface area contributed by atoms with Crippen LogP contribution in [0.1, 0.15) is 36.3 Å². The first-order valence-electron chi connectivity index (χ1n) is 9.30. The van der Waals surface area contributed by atoms with Crippen LogP contribution in [0.4, 0.5) is 18.9 Å². The minimum Gasteiger partial charge on any atom is -0.383 e. The van der Waals surface area contributed by atoms with Crippen LogP contribution < -0.4 is 5.32 Å². The third-order valence-corrected chi connectivity index (χ3v) is 5.52. The fourth-order valence-electron chi connectivity index (χ4n) is 3.91. The molecule has 3 rings (SSSR count). The number of hydrogen-bond donors (Lipinski definition) is 2. The topological polar surface area (TPSA) is 87.5 Å². The van der Waals surface area contributed by atoms with Crippen LogP contribution in [0.5, 0.6) is 0 Å². The number of nitrogens with one attached hydrogen (secondary N) is 1. The van der Waals surface area contributed by atoms with Crippen molar-refractivity contribution in [3.63, 3.8) is 0 Å². The lowest BCUT2D eigenvalue weighted by Crippen LogP contribution is -2.41. The number of aryl methyl sites for hydroxylation is 2. The van der Waals surface area contributed by atoms with Gasteiger partial charge in [-0.1, -0.05) is 0 Å². The molecule has 3 heterocycles. The van der Waals surface area contributed by atoms with Crippen molar-refractivity contribution in [2.24, 2.45) is 7.05 Å². The molecule has 2 aromatic heterocycles. The van der Waals surface area contributed by atoms with E-state index in [0.717, 1.165) is 22.2 Å². The van der Waals surface area contributed by atoms with Crippen molar-refractivity contribution < 1.29 is 27.9 Å². The van der Waals surface area contributed by atoms with Gasteiger partial charge in [-0.05, 0) is 36.8 Å². The van der Waals surface area contributed by atoms with Gasteiger partial charge < -0.3 is 19.9 Å². The summed E-state index contributed by atoms with van der Waals surface area (Å²) in [5.74, 6) is -0.580. The Morgan fingerprint density at radius 3 is 2.66 bits per heavy atom. The number of hydrogen-bond acceptors (Lipinski definition) is 4. The number of halogens is 3. The summed E-state index contributed by atoms with van der Waals surface area (Å²) < 4.78 is 39.3. The number of fused-ring (bicyclic) bond motifs is 1. The van der Waals surface area contributed by atoms with Gasteiger partial charge in [0.1, 0.15) is 5.65 Å². The van der Waals surface area contributed by atoms with E-state index in [1.807, 2.05) is 24.7 Å². The second kappa shape index (κ2) is 8.02. The van der Waals surface area contributed by atoms with Crippen molar-refractivity contribution in [2.75, 3.05) is 18.4 Å². The van der Waals surface area contributed by atoms with E-state index in [0.29, 0.717) is 38.0 Å². The summed E-state index contributed by atoms with van der Waals surface area (Å²) >= 11 is 0. The van der Waals surface area contributed by atoms with Crippen LogP contribution in [0.15, 0.2) is 12.4 Å². The zero-order valence-corrected chi connectivity index (χ0v) is 16.2. The molecule has 1 saturated heterocycles. The highest BCUT2D eigenvalue weighted by atomic mass is 19.4. The first kappa shape index (κ1) is 21.1. The summed E-state index contributed by atoms with van der Waals surface area (Å²) in [6.45, 7) is 2.54. The second-order valence-corrected chi connectivity index (χ2v) is 7.37. The van der Waals surface area contributed by atoms with Gasteiger partial charge in [-0.3, -0.25) is 9.59 Å². The van der Waals surface area contributed by atoms with Gasteiger partial charge in [-0.2, -0.15) is 13.2 Å². The van der Waals surface area contributed by atoms with Crippen LogP contribution in [0.25, 0.3) is 11.0 Å². The van der Waals surface area contributed by atoms with Crippen molar-refractivity contribution in [1.29, 1.82) is 0 Å². The third-order valence-electron chi connectivity index (χ3n) is 5.52. The SMILES string of the molecule is Cc1c(NC=O)cnc2c1c(C1CCN(C(=O)CC(O)C(F)(F)F)CC1)cn2C. The molecule has 1 aliphatic rings. The van der Waals surface area contributed by atoms with E-state index < -0.39 is 24.6 Å². The number of piperidine rings is 1. The van der Waals surface area contributed by atoms with E-state index in [4.69, 9.17) is 5.11 Å². The second-order valence-electron chi connectivity index (χ2n) is 7.37. The van der Waals surface area contributed by atoms with Gasteiger partial charge in [-0.15, -0.1) is 0 Å². The largest absolute Gasteiger partial charge is 0.414 e. The Labute approximate surface area is 165 Å². The molecular weight excluding hydrogens is 389 g/mol. The summed E-state index contributed by atoms with van der Waals surface area (Å²) in [5, 5.41) is 12.7. The first-order valence-corrected chi connectivity index (χ1v) is 9.30. The highest BCUT2D eigenvalue weighted by molar-refractivity contribution is 5.90. The van der Waals surface area contributed by atoms with E-state index in [1.54, 1.807) is 6.20 Å². The molecule has 0 saturated carbocycles. The maximum Gasteiger partial charge on any atom is 0.414 e. The quantitative estimate of drug-likeness (QED) is 0.739. The van der Waals surface area contributed by atoms with E-state index in [1.165, 1.54) is 4.90 Å². The van der Waals surface area contributed by atoms with Crippen molar-refractivity contribution in [3.8, 4) is 0 Å². The van der Waals surface area contributed by atoms with Crippen molar-refractivity contribution in [2.45, 2.75) is 44.4 Å². The highest BCUT2D eigenvalue weighted by Crippen LogP contribution is 2.37. The smallest absolute Gasteiger partial charge is 0.383 e. The van der Waals surface area contributed by atoms with Crippen LogP contribution in [-0.2, 0) is 16.6 Å². The number of aliphatic hydroxyl groups is 1. The third kappa shape index (κ3) is 4.21. The van der Waals surface area contributed by atoms with Gasteiger partial charge in [0.2, 0.25) is 12.3 Å². The number of rotatable bonds is 5. The Kier molecular flexibility index (Phi) is 5.83. The van der Waals surface area contributed by atoms with Crippen LogP contribution in [0.3, 0.4) is 0 Å². The lowest BCUT2D eigenvalue weighted by molar-refractivity contribution is -0.207. The van der Waals surface area contributed by atoms with Crippen molar-refractivity contribution in [3.05, 3.63) is 23.5 Å². The first-order chi connectivity index (χ1) is 13.6. The number of alkyl halides is 3. The number of aliphatic hydroxyl groups excluding tert-OH is 1. The van der Waals surface area contributed by atoms with Gasteiger partial charge >= 0.3 is 6.18 Å². The molecule has 0 spiro atoms. The molecule has 7 nitrogen and oxygen atoms in total. The Hall–Kier alpha value is -2.62. The summed E-state index contributed by atoms with van der Waals surface area (Å²) in [4.78, 5) is 28.7. The van der Waals surface area contributed by atoms with Gasteiger partial charge in [0, 0.05) is 31.7 Å². The number of nitrogens with zero attached hydrogens (tertiary/aromatic N) is 3. The molecule has 1 atom stereocenters. The Bertz CT molecular complexity index is 918. The van der Waals surface area contributed by atoms with Crippen LogP contribution >= 0.6 is 0 Å². The highest BCUT2D eigenvalue weighted by Gasteiger charge is 2.40. The number of amides is 2. The fourth-order valence-corrected chi connectivity index (χ4v) is 3.91. The monoisotopic (exact) mass is 412 g/mol. The maximum atomic E-state index is 12.5. The van der Waals surface area contributed by atoms with E-state index >= 15 is 0 Å². The van der Waals surface area contributed by atoms with Crippen molar-refractivity contribution in [1.82, 2.24) is 14.5 Å². The molecule has 29 heavy (non-hydrogen) atoms. The normalized spacial score (nSPS) is 16.8. The molecule has 1 fully saturated rings. The number of anilines is 1. The van der Waals surface area contributed by atoms with Crippen molar-refractivity contribution >= 4 is 29.0 Å². The Balaban J connectivity index is 1.76. The summed E-state index contributed by atoms with van der Waals surface area (Å²) in [6.07, 6.45) is -3.02. The number of carbonyl (C=O) groups excluding carboxylic acids is 2. The molecule has 0 aliphatic carbocycles. The van der Waals surface area contributed by atoms with E-state index in [2.05, 4.69) is 10.3 Å². The molecule has 2 aromatic rings. The van der Waals surface area contributed by atoms with Gasteiger partial charge in [-0.25, -0.2) is 4.98 Å². The molecule has 2 N–H and O–H groups in total. The molecule has 0 aromatic carbocycles. The zero-order valence-electron chi connectivity index (χ0n) is 16.2. The van der Waals surface area contributed by atoms with Gasteiger partial charge in [0.05, 0.1) is 18.3 Å². The maximum absolute atomic E-state index is 12.5. The average Bonchev–Trinajstić information content (AvgIpc) is 3.01. The zero-order chi connectivity index (χ0) is 21.3. The number of pyridine rings is 1. The molecule has 158 valence electrons. The summed E-state index contributed by atoms with van der Waals surface area (Å²) in [7, 11) is 1.88. The predicted molar refractivity (Wildman–Crippen MR) is 100 cm³/mol. The molecule has 1 unspecified atom stereocenters. The minimum absolute atomic E-state index is 0.113. The lowest BCUT2D eigenvalue weighted by atomic mass is 9.88. The molecule has 10 heteroatoms. The fraction of sp³-hybridized carbons (Fsp3) is 0.526. The molecule has 1 aliphatic heterocycles. The number of aromatic nitrogens is 2. The lowest BCUT2D eigenvalue weighted by Gasteiger charge is -2.32. The van der Waals surface area contributed by atoms with Gasteiger partial charge in [0.25, 0.3) is 0 Å². The standard InChI is InChI=1S/C19H23F3N4O3/c1-11-14(24-10-27)8-23-18-17(11)13(9-25(18)2)12-3-5-26(6-4-12)16(29)7-15(28)19(20,21)22/h8-10,12,15,28H,3-7H2,1-2H3,(H,24,27). The van der Waals surface area contributed by atoms with Crippen LogP contribution in [-0.4, -0.2) is 57.2 Å². The van der Waals surface area contributed by atoms with Gasteiger partial charge in [0.15, 0.2) is 6.10 Å². The molecular formula is C19H23F3N4O3.